The first-order chi connectivity index (χ1) is 15.1. The number of amides is 2. The van der Waals surface area contributed by atoms with Gasteiger partial charge in [0.15, 0.2) is 5.13 Å². The number of hydrogen-bond donors (Lipinski definition) is 2. The second-order valence-corrected chi connectivity index (χ2v) is 9.83. The summed E-state index contributed by atoms with van der Waals surface area (Å²) in [6.45, 7) is 1.85. The zero-order valence-corrected chi connectivity index (χ0v) is 19.0. The highest BCUT2D eigenvalue weighted by Crippen LogP contribution is 2.29. The number of carbonyl (C=O) groups excluding carboxylic acids is 2. The maximum Gasteiger partial charge on any atom is 0.265 e. The second kappa shape index (κ2) is 9.91. The van der Waals surface area contributed by atoms with Crippen LogP contribution in [0.15, 0.2) is 82.4 Å². The highest BCUT2D eigenvalue weighted by Gasteiger charge is 2.17. The molecule has 0 aliphatic carbocycles. The Morgan fingerprint density at radius 3 is 2.58 bits per heavy atom. The van der Waals surface area contributed by atoms with Crippen molar-refractivity contribution in [3.63, 3.8) is 0 Å². The Morgan fingerprint density at radius 1 is 0.968 bits per heavy atom. The minimum atomic E-state index is -0.327. The summed E-state index contributed by atoms with van der Waals surface area (Å²) in [5.74, 6) is -0.257. The number of carbonyl (C=O) groups is 2. The molecule has 5 nitrogen and oxygen atoms in total. The quantitative estimate of drug-likeness (QED) is 0.317. The lowest BCUT2D eigenvalue weighted by Gasteiger charge is -2.12. The molecule has 0 bridgehead atoms. The first-order valence-electron chi connectivity index (χ1n) is 9.52. The van der Waals surface area contributed by atoms with Gasteiger partial charge in [0.25, 0.3) is 5.91 Å². The molecule has 2 amide bonds. The Bertz CT molecular complexity index is 1170. The van der Waals surface area contributed by atoms with Gasteiger partial charge in [0.05, 0.1) is 15.8 Å². The fraction of sp³-hybridized carbons (Fsp3) is 0.0870. The van der Waals surface area contributed by atoms with E-state index in [1.165, 1.54) is 34.4 Å². The van der Waals surface area contributed by atoms with Gasteiger partial charge < -0.3 is 10.6 Å². The first kappa shape index (κ1) is 21.3. The number of nitrogens with zero attached hydrogens (tertiary/aromatic N) is 1. The zero-order chi connectivity index (χ0) is 21.6. The molecule has 0 aliphatic rings. The van der Waals surface area contributed by atoms with Gasteiger partial charge in [-0.1, -0.05) is 42.5 Å². The Balaban J connectivity index is 1.36. The molecule has 0 fully saturated rings. The van der Waals surface area contributed by atoms with Gasteiger partial charge in [-0.2, -0.15) is 0 Å². The molecule has 0 saturated carbocycles. The predicted octanol–water partition coefficient (Wildman–Crippen LogP) is 6.24. The number of thioether (sulfide) groups is 1. The zero-order valence-electron chi connectivity index (χ0n) is 16.6. The van der Waals surface area contributed by atoms with Crippen molar-refractivity contribution in [2.45, 2.75) is 17.1 Å². The molecule has 2 aromatic carbocycles. The van der Waals surface area contributed by atoms with Crippen LogP contribution in [0.4, 0.5) is 10.8 Å². The SMILES string of the molecule is CC(Sc1cccc(NC(=O)c2cccs2)c1)C(=O)Nc1nc(-c2ccccc2)cs1. The molecule has 1 unspecified atom stereocenters. The van der Waals surface area contributed by atoms with E-state index in [9.17, 15) is 9.59 Å². The molecule has 156 valence electrons. The standard InChI is InChI=1S/C23H19N3O2S3/c1-15(21(27)26-23-25-19(14-30-23)16-7-3-2-4-8-16)31-18-10-5-9-17(13-18)24-22(28)20-11-6-12-29-20/h2-15H,1H3,(H,24,28)(H,25,26,27). The van der Waals surface area contributed by atoms with Gasteiger partial charge in [0, 0.05) is 21.5 Å². The molecule has 2 N–H and O–H groups in total. The van der Waals surface area contributed by atoms with E-state index in [-0.39, 0.29) is 17.1 Å². The summed E-state index contributed by atoms with van der Waals surface area (Å²) in [5.41, 5.74) is 2.56. The number of benzene rings is 2. The fourth-order valence-corrected chi connectivity index (χ4v) is 5.05. The van der Waals surface area contributed by atoms with E-state index >= 15 is 0 Å². The van der Waals surface area contributed by atoms with E-state index in [0.717, 1.165) is 16.2 Å². The molecule has 0 aliphatic heterocycles. The summed E-state index contributed by atoms with van der Waals surface area (Å²) in [4.78, 5) is 31.0. The Labute approximate surface area is 192 Å². The van der Waals surface area contributed by atoms with Crippen LogP contribution in [-0.2, 0) is 4.79 Å². The Hall–Kier alpha value is -2.94. The van der Waals surface area contributed by atoms with Crippen LogP contribution in [0.1, 0.15) is 16.6 Å². The van der Waals surface area contributed by atoms with Gasteiger partial charge >= 0.3 is 0 Å². The molecule has 2 heterocycles. The van der Waals surface area contributed by atoms with E-state index in [1.54, 1.807) is 6.07 Å². The van der Waals surface area contributed by atoms with Gasteiger partial charge in [0.2, 0.25) is 5.91 Å². The number of thiazole rings is 1. The number of aromatic nitrogens is 1. The minimum absolute atomic E-state index is 0.119. The van der Waals surface area contributed by atoms with Crippen LogP contribution in [0.2, 0.25) is 0 Å². The maximum absolute atomic E-state index is 12.6. The third-order valence-electron chi connectivity index (χ3n) is 4.32. The highest BCUT2D eigenvalue weighted by atomic mass is 32.2. The van der Waals surface area contributed by atoms with Crippen molar-refractivity contribution in [3.05, 3.63) is 82.4 Å². The van der Waals surface area contributed by atoms with Gasteiger partial charge in [0.1, 0.15) is 0 Å². The van der Waals surface area contributed by atoms with Crippen LogP contribution < -0.4 is 10.6 Å². The molecule has 1 atom stereocenters. The van der Waals surface area contributed by atoms with Crippen LogP contribution in [-0.4, -0.2) is 22.0 Å². The molecular weight excluding hydrogens is 446 g/mol. The van der Waals surface area contributed by atoms with Crippen LogP contribution in [0.5, 0.6) is 0 Å². The van der Waals surface area contributed by atoms with Crippen molar-refractivity contribution >= 4 is 57.1 Å². The summed E-state index contributed by atoms with van der Waals surface area (Å²) in [7, 11) is 0. The normalized spacial score (nSPS) is 11.6. The lowest BCUT2D eigenvalue weighted by Crippen LogP contribution is -2.22. The number of nitrogens with one attached hydrogen (secondary N) is 2. The molecule has 0 radical (unpaired) electrons. The van der Waals surface area contributed by atoms with E-state index < -0.39 is 0 Å². The van der Waals surface area contributed by atoms with E-state index in [0.29, 0.717) is 15.7 Å². The van der Waals surface area contributed by atoms with Crippen molar-refractivity contribution in [1.82, 2.24) is 4.98 Å². The fourth-order valence-electron chi connectivity index (χ4n) is 2.78. The molecule has 0 spiro atoms. The minimum Gasteiger partial charge on any atom is -0.321 e. The second-order valence-electron chi connectivity index (χ2n) is 6.61. The maximum atomic E-state index is 12.6. The average molecular weight is 466 g/mol. The number of anilines is 2. The molecule has 4 aromatic rings. The summed E-state index contributed by atoms with van der Waals surface area (Å²) in [6.07, 6.45) is 0. The molecule has 31 heavy (non-hydrogen) atoms. The Kier molecular flexibility index (Phi) is 6.81. The van der Waals surface area contributed by atoms with Crippen molar-refractivity contribution in [1.29, 1.82) is 0 Å². The molecule has 2 aromatic heterocycles. The molecule has 0 saturated heterocycles. The lowest BCUT2D eigenvalue weighted by molar-refractivity contribution is -0.115. The number of rotatable bonds is 7. The van der Waals surface area contributed by atoms with E-state index in [2.05, 4.69) is 15.6 Å². The number of thiophene rings is 1. The van der Waals surface area contributed by atoms with Gasteiger partial charge in [-0.05, 0) is 36.6 Å². The summed E-state index contributed by atoms with van der Waals surface area (Å²) >= 11 is 4.23. The molecular formula is C23H19N3O2S3. The van der Waals surface area contributed by atoms with Crippen LogP contribution in [0.25, 0.3) is 11.3 Å². The van der Waals surface area contributed by atoms with Crippen LogP contribution >= 0.6 is 34.4 Å². The van der Waals surface area contributed by atoms with Crippen molar-refractivity contribution in [3.8, 4) is 11.3 Å². The number of hydrogen-bond acceptors (Lipinski definition) is 6. The smallest absolute Gasteiger partial charge is 0.265 e. The van der Waals surface area contributed by atoms with Crippen LogP contribution in [0.3, 0.4) is 0 Å². The first-order valence-corrected chi connectivity index (χ1v) is 12.2. The van der Waals surface area contributed by atoms with Crippen LogP contribution in [0, 0.1) is 0 Å². The van der Waals surface area contributed by atoms with Crippen molar-refractivity contribution < 1.29 is 9.59 Å². The molecule has 4 rings (SSSR count). The largest absolute Gasteiger partial charge is 0.321 e. The predicted molar refractivity (Wildman–Crippen MR) is 130 cm³/mol. The van der Waals surface area contributed by atoms with Gasteiger partial charge in [-0.15, -0.1) is 34.4 Å². The lowest BCUT2D eigenvalue weighted by atomic mass is 10.2. The van der Waals surface area contributed by atoms with E-state index in [1.807, 2.05) is 78.3 Å². The summed E-state index contributed by atoms with van der Waals surface area (Å²) in [6, 6.07) is 21.0. The van der Waals surface area contributed by atoms with Crippen molar-refractivity contribution in [2.75, 3.05) is 10.6 Å². The highest BCUT2D eigenvalue weighted by molar-refractivity contribution is 8.00. The third kappa shape index (κ3) is 5.61. The molecule has 8 heteroatoms. The van der Waals surface area contributed by atoms with Crippen molar-refractivity contribution in [2.24, 2.45) is 0 Å². The van der Waals surface area contributed by atoms with Gasteiger partial charge in [-0.25, -0.2) is 4.98 Å². The third-order valence-corrected chi connectivity index (χ3v) is 7.04. The Morgan fingerprint density at radius 2 is 1.81 bits per heavy atom. The summed E-state index contributed by atoms with van der Waals surface area (Å²) in [5, 5.41) is 9.84. The average Bonchev–Trinajstić information content (AvgIpc) is 3.47. The van der Waals surface area contributed by atoms with E-state index in [4.69, 9.17) is 0 Å². The topological polar surface area (TPSA) is 71.1 Å². The summed E-state index contributed by atoms with van der Waals surface area (Å²) < 4.78 is 0. The van der Waals surface area contributed by atoms with Gasteiger partial charge in [-0.3, -0.25) is 9.59 Å². The monoisotopic (exact) mass is 465 g/mol.